The molecular weight excluding hydrogens is 370 g/mol. The Morgan fingerprint density at radius 2 is 1.69 bits per heavy atom. The standard InChI is InChI=1S/C22H17N3O4/c1-2-29-22(28)19-16-13-17(14-9-5-3-6-10-14)23-20(26)18(16)21(27)25(24-19)15-11-7-4-8-12-15/h3-13H,2H2,1H3,(H,23,26). The van der Waals surface area contributed by atoms with Gasteiger partial charge in [0.1, 0.15) is 5.39 Å². The summed E-state index contributed by atoms with van der Waals surface area (Å²) in [5, 5.41) is 4.25. The summed E-state index contributed by atoms with van der Waals surface area (Å²) < 4.78 is 6.17. The fourth-order valence-corrected chi connectivity index (χ4v) is 3.13. The molecule has 0 saturated heterocycles. The molecule has 0 radical (unpaired) electrons. The Kier molecular flexibility index (Phi) is 4.78. The Morgan fingerprint density at radius 1 is 1.03 bits per heavy atom. The maximum atomic E-state index is 13.1. The molecule has 0 fully saturated rings. The number of esters is 1. The fourth-order valence-electron chi connectivity index (χ4n) is 3.13. The molecule has 29 heavy (non-hydrogen) atoms. The molecule has 0 bridgehead atoms. The number of nitrogens with zero attached hydrogens (tertiary/aromatic N) is 2. The zero-order valence-corrected chi connectivity index (χ0v) is 15.6. The highest BCUT2D eigenvalue weighted by Crippen LogP contribution is 2.21. The lowest BCUT2D eigenvalue weighted by Crippen LogP contribution is -2.29. The number of carbonyl (C=O) groups is 1. The summed E-state index contributed by atoms with van der Waals surface area (Å²) in [5.74, 6) is -0.702. The molecule has 0 aliphatic rings. The van der Waals surface area contributed by atoms with Crippen molar-refractivity contribution in [1.82, 2.24) is 14.8 Å². The van der Waals surface area contributed by atoms with E-state index >= 15 is 0 Å². The maximum Gasteiger partial charge on any atom is 0.359 e. The molecule has 7 heteroatoms. The van der Waals surface area contributed by atoms with Gasteiger partial charge in [-0.2, -0.15) is 9.78 Å². The Bertz CT molecular complexity index is 1310. The van der Waals surface area contributed by atoms with Crippen molar-refractivity contribution in [2.75, 3.05) is 6.61 Å². The van der Waals surface area contributed by atoms with Crippen molar-refractivity contribution in [3.05, 3.63) is 93.1 Å². The first-order chi connectivity index (χ1) is 14.1. The predicted octanol–water partition coefficient (Wildman–Crippen LogP) is 2.92. The number of H-pyrrole nitrogens is 1. The molecule has 2 aromatic carbocycles. The van der Waals surface area contributed by atoms with Crippen LogP contribution in [0, 0.1) is 0 Å². The van der Waals surface area contributed by atoms with Crippen LogP contribution in [0.15, 0.2) is 76.3 Å². The van der Waals surface area contributed by atoms with Gasteiger partial charge < -0.3 is 9.72 Å². The third-order valence-electron chi connectivity index (χ3n) is 4.45. The summed E-state index contributed by atoms with van der Waals surface area (Å²) in [6, 6.07) is 19.3. The smallest absolute Gasteiger partial charge is 0.359 e. The van der Waals surface area contributed by atoms with Crippen LogP contribution in [-0.2, 0) is 4.74 Å². The zero-order chi connectivity index (χ0) is 20.4. The third kappa shape index (κ3) is 3.34. The van der Waals surface area contributed by atoms with Crippen molar-refractivity contribution < 1.29 is 9.53 Å². The first-order valence-corrected chi connectivity index (χ1v) is 9.08. The predicted molar refractivity (Wildman–Crippen MR) is 109 cm³/mol. The number of hydrogen-bond acceptors (Lipinski definition) is 5. The van der Waals surface area contributed by atoms with Crippen LogP contribution in [0.3, 0.4) is 0 Å². The van der Waals surface area contributed by atoms with Crippen molar-refractivity contribution >= 4 is 16.7 Å². The van der Waals surface area contributed by atoms with Crippen LogP contribution in [0.25, 0.3) is 27.7 Å². The normalized spacial score (nSPS) is 10.8. The van der Waals surface area contributed by atoms with Gasteiger partial charge in [0.05, 0.1) is 12.3 Å². The van der Waals surface area contributed by atoms with Gasteiger partial charge in [-0.25, -0.2) is 4.79 Å². The maximum absolute atomic E-state index is 13.1. The molecule has 7 nitrogen and oxygen atoms in total. The summed E-state index contributed by atoms with van der Waals surface area (Å²) in [6.07, 6.45) is 0. The number of para-hydroxylation sites is 1. The number of nitrogens with one attached hydrogen (secondary N) is 1. The molecule has 2 aromatic heterocycles. The van der Waals surface area contributed by atoms with Gasteiger partial charge in [-0.1, -0.05) is 48.5 Å². The van der Waals surface area contributed by atoms with E-state index in [9.17, 15) is 14.4 Å². The lowest BCUT2D eigenvalue weighted by molar-refractivity contribution is 0.0520. The highest BCUT2D eigenvalue weighted by Gasteiger charge is 2.21. The Labute approximate surface area is 165 Å². The minimum atomic E-state index is -0.702. The van der Waals surface area contributed by atoms with Gasteiger partial charge >= 0.3 is 5.97 Å². The Balaban J connectivity index is 2.08. The van der Waals surface area contributed by atoms with Crippen LogP contribution >= 0.6 is 0 Å². The highest BCUT2D eigenvalue weighted by molar-refractivity contribution is 6.02. The van der Waals surface area contributed by atoms with Crippen LogP contribution in [-0.4, -0.2) is 27.3 Å². The van der Waals surface area contributed by atoms with Crippen molar-refractivity contribution in [2.45, 2.75) is 6.92 Å². The van der Waals surface area contributed by atoms with Gasteiger partial charge in [-0.15, -0.1) is 0 Å². The summed E-state index contributed by atoms with van der Waals surface area (Å²) in [7, 11) is 0. The van der Waals surface area contributed by atoms with Crippen LogP contribution in [0.1, 0.15) is 17.4 Å². The van der Waals surface area contributed by atoms with Gasteiger partial charge in [-0.3, -0.25) is 9.59 Å². The van der Waals surface area contributed by atoms with Crippen molar-refractivity contribution in [3.8, 4) is 16.9 Å². The molecule has 4 rings (SSSR count). The van der Waals surface area contributed by atoms with Crippen molar-refractivity contribution in [2.24, 2.45) is 0 Å². The number of aromatic amines is 1. The molecule has 0 saturated carbocycles. The van der Waals surface area contributed by atoms with Crippen LogP contribution in [0.5, 0.6) is 0 Å². The molecule has 2 heterocycles. The second-order valence-electron chi connectivity index (χ2n) is 6.29. The molecule has 4 aromatic rings. The van der Waals surface area contributed by atoms with E-state index in [0.717, 1.165) is 10.2 Å². The minimum absolute atomic E-state index is 0.0893. The molecular formula is C22H17N3O4. The molecule has 1 N–H and O–H groups in total. The number of rotatable bonds is 4. The van der Waals surface area contributed by atoms with Gasteiger partial charge in [0.2, 0.25) is 0 Å². The van der Waals surface area contributed by atoms with E-state index in [1.54, 1.807) is 43.3 Å². The van der Waals surface area contributed by atoms with E-state index in [0.29, 0.717) is 11.4 Å². The molecule has 0 atom stereocenters. The Hall–Kier alpha value is -4.00. The fraction of sp³-hybridized carbons (Fsp3) is 0.0909. The average molecular weight is 387 g/mol. The highest BCUT2D eigenvalue weighted by atomic mass is 16.5. The van der Waals surface area contributed by atoms with E-state index in [1.165, 1.54) is 0 Å². The summed E-state index contributed by atoms with van der Waals surface area (Å²) in [5.41, 5.74) is 0.370. The van der Waals surface area contributed by atoms with Crippen LogP contribution in [0.2, 0.25) is 0 Å². The largest absolute Gasteiger partial charge is 0.461 e. The van der Waals surface area contributed by atoms with E-state index in [1.807, 2.05) is 30.3 Å². The summed E-state index contributed by atoms with van der Waals surface area (Å²) in [4.78, 5) is 41.3. The number of aromatic nitrogens is 3. The lowest BCUT2D eigenvalue weighted by atomic mass is 10.1. The zero-order valence-electron chi connectivity index (χ0n) is 15.6. The second kappa shape index (κ2) is 7.55. The van der Waals surface area contributed by atoms with Crippen LogP contribution in [0.4, 0.5) is 0 Å². The molecule has 0 aliphatic carbocycles. The second-order valence-corrected chi connectivity index (χ2v) is 6.29. The number of hydrogen-bond donors (Lipinski definition) is 1. The number of pyridine rings is 1. The third-order valence-corrected chi connectivity index (χ3v) is 4.45. The number of benzene rings is 2. The summed E-state index contributed by atoms with van der Waals surface area (Å²) in [6.45, 7) is 1.82. The topological polar surface area (TPSA) is 94.0 Å². The number of fused-ring (bicyclic) bond motifs is 1. The van der Waals surface area contributed by atoms with Gasteiger partial charge in [0, 0.05) is 11.1 Å². The van der Waals surface area contributed by atoms with E-state index < -0.39 is 17.1 Å². The molecule has 0 amide bonds. The first-order valence-electron chi connectivity index (χ1n) is 9.08. The Morgan fingerprint density at radius 3 is 2.34 bits per heavy atom. The van der Waals surface area contributed by atoms with Gasteiger partial charge in [-0.05, 0) is 30.7 Å². The molecule has 0 unspecified atom stereocenters. The van der Waals surface area contributed by atoms with Crippen LogP contribution < -0.4 is 11.1 Å². The van der Waals surface area contributed by atoms with Crippen molar-refractivity contribution in [3.63, 3.8) is 0 Å². The molecule has 0 spiro atoms. The number of ether oxygens (including phenoxy) is 1. The van der Waals surface area contributed by atoms with E-state index in [4.69, 9.17) is 4.74 Å². The van der Waals surface area contributed by atoms with Gasteiger partial charge in [0.15, 0.2) is 5.69 Å². The quantitative estimate of drug-likeness (QED) is 0.544. The average Bonchev–Trinajstić information content (AvgIpc) is 2.75. The molecule has 144 valence electrons. The van der Waals surface area contributed by atoms with Gasteiger partial charge in [0.25, 0.3) is 11.1 Å². The van der Waals surface area contributed by atoms with E-state index in [2.05, 4.69) is 10.1 Å². The number of carbonyl (C=O) groups excluding carboxylic acids is 1. The van der Waals surface area contributed by atoms with Crippen molar-refractivity contribution in [1.29, 1.82) is 0 Å². The minimum Gasteiger partial charge on any atom is -0.461 e. The van der Waals surface area contributed by atoms with E-state index in [-0.39, 0.29) is 23.1 Å². The first kappa shape index (κ1) is 18.4. The monoisotopic (exact) mass is 387 g/mol. The summed E-state index contributed by atoms with van der Waals surface area (Å²) >= 11 is 0. The molecule has 0 aliphatic heterocycles. The SMILES string of the molecule is CCOC(=O)c1nn(-c2ccccc2)c(=O)c2c(=O)[nH]c(-c3ccccc3)cc12. The lowest BCUT2D eigenvalue weighted by Gasteiger charge is -2.11.